The van der Waals surface area contributed by atoms with Gasteiger partial charge in [0.25, 0.3) is 11.8 Å². The van der Waals surface area contributed by atoms with Gasteiger partial charge in [0.05, 0.1) is 0 Å². The lowest BCUT2D eigenvalue weighted by Crippen LogP contribution is -2.22. The van der Waals surface area contributed by atoms with Gasteiger partial charge in [-0.05, 0) is 58.3 Å². The van der Waals surface area contributed by atoms with E-state index in [9.17, 15) is 9.59 Å². The van der Waals surface area contributed by atoms with Gasteiger partial charge in [-0.1, -0.05) is 84.9 Å². The molecule has 196 valence electrons. The molecule has 0 aliphatic heterocycles. The maximum Gasteiger partial charge on any atom is 0.265 e. The average Bonchev–Trinajstić information content (AvgIpc) is 3.38. The summed E-state index contributed by atoms with van der Waals surface area (Å²) >= 11 is 1.42. The molecular formula is C34H26N2O3S. The van der Waals surface area contributed by atoms with Crippen molar-refractivity contribution in [2.45, 2.75) is 13.2 Å². The average molecular weight is 543 g/mol. The molecule has 6 aromatic rings. The zero-order valence-electron chi connectivity index (χ0n) is 21.6. The maximum atomic E-state index is 13.3. The lowest BCUT2D eigenvalue weighted by atomic mass is 10.1. The highest BCUT2D eigenvalue weighted by Gasteiger charge is 2.20. The van der Waals surface area contributed by atoms with Gasteiger partial charge in [0, 0.05) is 27.9 Å². The lowest BCUT2D eigenvalue weighted by Gasteiger charge is -2.11. The van der Waals surface area contributed by atoms with Crippen LogP contribution in [0.3, 0.4) is 0 Å². The van der Waals surface area contributed by atoms with Crippen LogP contribution < -0.4 is 15.4 Å². The second-order valence-electron chi connectivity index (χ2n) is 9.43. The molecule has 0 fully saturated rings. The van der Waals surface area contributed by atoms with E-state index in [0.717, 1.165) is 32.0 Å². The number of carbonyl (C=O) groups excluding carboxylic acids is 2. The Labute approximate surface area is 236 Å². The normalized spacial score (nSPS) is 10.9. The van der Waals surface area contributed by atoms with Crippen molar-refractivity contribution >= 4 is 49.7 Å². The van der Waals surface area contributed by atoms with E-state index in [-0.39, 0.29) is 11.8 Å². The minimum absolute atomic E-state index is 0.183. The first-order valence-corrected chi connectivity index (χ1v) is 13.8. The number of anilines is 1. The van der Waals surface area contributed by atoms with Gasteiger partial charge in [-0.25, -0.2) is 0 Å². The number of amides is 2. The Balaban J connectivity index is 1.15. The summed E-state index contributed by atoms with van der Waals surface area (Å²) in [5.41, 5.74) is 3.16. The molecule has 1 heterocycles. The number of nitrogens with one attached hydrogen (secondary N) is 2. The Morgan fingerprint density at radius 2 is 1.43 bits per heavy atom. The van der Waals surface area contributed by atoms with Crippen LogP contribution in [-0.4, -0.2) is 11.8 Å². The van der Waals surface area contributed by atoms with Crippen molar-refractivity contribution in [3.63, 3.8) is 0 Å². The third-order valence-electron chi connectivity index (χ3n) is 6.63. The van der Waals surface area contributed by atoms with Crippen LogP contribution in [0, 0.1) is 0 Å². The van der Waals surface area contributed by atoms with E-state index in [4.69, 9.17) is 4.74 Å². The third kappa shape index (κ3) is 5.58. The Kier molecular flexibility index (Phi) is 7.24. The van der Waals surface area contributed by atoms with Gasteiger partial charge in [-0.3, -0.25) is 9.59 Å². The highest BCUT2D eigenvalue weighted by molar-refractivity contribution is 7.21. The number of hydrogen-bond donors (Lipinski definition) is 2. The molecule has 0 atom stereocenters. The number of rotatable bonds is 8. The van der Waals surface area contributed by atoms with E-state index >= 15 is 0 Å². The summed E-state index contributed by atoms with van der Waals surface area (Å²) in [7, 11) is 0. The zero-order chi connectivity index (χ0) is 27.3. The van der Waals surface area contributed by atoms with Gasteiger partial charge in [0.2, 0.25) is 0 Å². The molecular weight excluding hydrogens is 516 g/mol. The maximum absolute atomic E-state index is 13.3. The third-order valence-corrected chi connectivity index (χ3v) is 7.78. The number of carbonyl (C=O) groups is 2. The molecule has 40 heavy (non-hydrogen) atoms. The van der Waals surface area contributed by atoms with E-state index in [1.807, 2.05) is 121 Å². The largest absolute Gasteiger partial charge is 0.487 e. The van der Waals surface area contributed by atoms with Crippen molar-refractivity contribution < 1.29 is 14.3 Å². The van der Waals surface area contributed by atoms with Gasteiger partial charge in [0.1, 0.15) is 11.5 Å². The molecule has 0 aliphatic rings. The quantitative estimate of drug-likeness (QED) is 0.206. The zero-order valence-corrected chi connectivity index (χ0v) is 22.4. The smallest absolute Gasteiger partial charge is 0.265 e. The molecule has 2 N–H and O–H groups in total. The Morgan fingerprint density at radius 3 is 2.30 bits per heavy atom. The van der Waals surface area contributed by atoms with Gasteiger partial charge in [0.15, 0.2) is 5.75 Å². The molecule has 0 saturated heterocycles. The van der Waals surface area contributed by atoms with Crippen LogP contribution in [-0.2, 0) is 13.2 Å². The van der Waals surface area contributed by atoms with Crippen LogP contribution in [0.25, 0.3) is 20.9 Å². The fourth-order valence-corrected chi connectivity index (χ4v) is 5.66. The first kappa shape index (κ1) is 25.3. The van der Waals surface area contributed by atoms with E-state index < -0.39 is 0 Å². The topological polar surface area (TPSA) is 67.4 Å². The van der Waals surface area contributed by atoms with Crippen molar-refractivity contribution in [2.24, 2.45) is 0 Å². The molecule has 1 aromatic heterocycles. The summed E-state index contributed by atoms with van der Waals surface area (Å²) in [6.45, 7) is 0.686. The Bertz CT molecular complexity index is 1830. The lowest BCUT2D eigenvalue weighted by molar-refractivity contribution is 0.0950. The van der Waals surface area contributed by atoms with Crippen molar-refractivity contribution in [1.82, 2.24) is 5.32 Å². The van der Waals surface area contributed by atoms with Crippen molar-refractivity contribution in [3.05, 3.63) is 143 Å². The van der Waals surface area contributed by atoms with Crippen LogP contribution in [0.5, 0.6) is 5.75 Å². The van der Waals surface area contributed by atoms with E-state index in [2.05, 4.69) is 10.6 Å². The second kappa shape index (κ2) is 11.4. The SMILES string of the molecule is O=C(Nc1cccc(CNC(=O)c2sc3ccccc3c2OCc2ccccc2)c1)c1ccc2ccccc2c1. The van der Waals surface area contributed by atoms with E-state index in [1.165, 1.54) is 11.3 Å². The Morgan fingerprint density at radius 1 is 0.675 bits per heavy atom. The summed E-state index contributed by atoms with van der Waals surface area (Å²) in [5, 5.41) is 9.02. The van der Waals surface area contributed by atoms with Crippen LogP contribution >= 0.6 is 11.3 Å². The predicted octanol–water partition coefficient (Wildman–Crippen LogP) is 7.82. The molecule has 5 nitrogen and oxygen atoms in total. The summed E-state index contributed by atoms with van der Waals surface area (Å²) in [4.78, 5) is 26.8. The number of thiophene rings is 1. The number of ether oxygens (including phenoxy) is 1. The standard InChI is InChI=1S/C34H26N2O3S/c37-33(27-18-17-25-12-4-5-13-26(25)20-27)36-28-14-8-11-24(19-28)21-35-34(38)32-31(29-15-6-7-16-30(29)40-32)39-22-23-9-2-1-3-10-23/h1-20H,21-22H2,(H,35,38)(H,36,37). The molecule has 2 amide bonds. The minimum Gasteiger partial charge on any atom is -0.487 e. The summed E-state index contributed by atoms with van der Waals surface area (Å²) in [6, 6.07) is 38.9. The first-order chi connectivity index (χ1) is 19.6. The van der Waals surface area contributed by atoms with Gasteiger partial charge < -0.3 is 15.4 Å². The number of fused-ring (bicyclic) bond motifs is 2. The molecule has 0 saturated carbocycles. The van der Waals surface area contributed by atoms with Crippen LogP contribution in [0.1, 0.15) is 31.2 Å². The molecule has 0 unspecified atom stereocenters. The fourth-order valence-electron chi connectivity index (χ4n) is 4.60. The van der Waals surface area contributed by atoms with Crippen LogP contribution in [0.15, 0.2) is 121 Å². The molecule has 6 heteroatoms. The predicted molar refractivity (Wildman–Crippen MR) is 162 cm³/mol. The fraction of sp³-hybridized carbons (Fsp3) is 0.0588. The molecule has 0 radical (unpaired) electrons. The summed E-state index contributed by atoms with van der Waals surface area (Å²) < 4.78 is 7.18. The highest BCUT2D eigenvalue weighted by atomic mass is 32.1. The van der Waals surface area contributed by atoms with Gasteiger partial charge in [-0.15, -0.1) is 11.3 Å². The summed E-state index contributed by atoms with van der Waals surface area (Å²) in [6.07, 6.45) is 0. The summed E-state index contributed by atoms with van der Waals surface area (Å²) in [5.74, 6) is 0.214. The van der Waals surface area contributed by atoms with E-state index in [1.54, 1.807) is 0 Å². The molecule has 0 aliphatic carbocycles. The van der Waals surface area contributed by atoms with Crippen molar-refractivity contribution in [2.75, 3.05) is 5.32 Å². The number of benzene rings is 5. The van der Waals surface area contributed by atoms with E-state index in [0.29, 0.717) is 35.0 Å². The van der Waals surface area contributed by atoms with Gasteiger partial charge in [-0.2, -0.15) is 0 Å². The Hall–Kier alpha value is -4.94. The monoisotopic (exact) mass is 542 g/mol. The van der Waals surface area contributed by atoms with Crippen LogP contribution in [0.2, 0.25) is 0 Å². The van der Waals surface area contributed by atoms with Crippen LogP contribution in [0.4, 0.5) is 5.69 Å². The molecule has 0 bridgehead atoms. The number of hydrogen-bond acceptors (Lipinski definition) is 4. The highest BCUT2D eigenvalue weighted by Crippen LogP contribution is 2.38. The van der Waals surface area contributed by atoms with Crippen molar-refractivity contribution in [3.8, 4) is 5.75 Å². The molecule has 5 aromatic carbocycles. The van der Waals surface area contributed by atoms with Gasteiger partial charge >= 0.3 is 0 Å². The van der Waals surface area contributed by atoms with Crippen molar-refractivity contribution in [1.29, 1.82) is 0 Å². The first-order valence-electron chi connectivity index (χ1n) is 13.0. The molecule has 0 spiro atoms. The molecule has 6 rings (SSSR count). The minimum atomic E-state index is -0.199. The second-order valence-corrected chi connectivity index (χ2v) is 10.5.